The maximum atomic E-state index is 13.8. The van der Waals surface area contributed by atoms with Gasteiger partial charge >= 0.3 is 0 Å². The van der Waals surface area contributed by atoms with Gasteiger partial charge in [-0.3, -0.25) is 4.99 Å². The summed E-state index contributed by atoms with van der Waals surface area (Å²) >= 11 is 3.42. The Balaban J connectivity index is 1.76. The molecule has 1 heterocycles. The van der Waals surface area contributed by atoms with Crippen molar-refractivity contribution in [3.8, 4) is 5.75 Å². The SMILES string of the molecule is CN=C(NCCCSc1nccs1)N(C)Cc1ccc(OC)c(F)c1. The Kier molecular flexibility index (Phi) is 8.00. The minimum absolute atomic E-state index is 0.256. The van der Waals surface area contributed by atoms with Gasteiger partial charge in [-0.05, 0) is 24.1 Å². The van der Waals surface area contributed by atoms with Crippen LogP contribution in [0, 0.1) is 5.82 Å². The van der Waals surface area contributed by atoms with Crippen molar-refractivity contribution in [1.29, 1.82) is 0 Å². The maximum absolute atomic E-state index is 13.8. The highest BCUT2D eigenvalue weighted by molar-refractivity contribution is 8.00. The third kappa shape index (κ3) is 6.21. The van der Waals surface area contributed by atoms with Gasteiger partial charge in [0.2, 0.25) is 0 Å². The molecule has 0 atom stereocenters. The van der Waals surface area contributed by atoms with Crippen LogP contribution in [0.1, 0.15) is 12.0 Å². The van der Waals surface area contributed by atoms with Crippen LogP contribution in [0.4, 0.5) is 4.39 Å². The average molecular weight is 383 g/mol. The van der Waals surface area contributed by atoms with Crippen molar-refractivity contribution in [2.45, 2.75) is 17.3 Å². The van der Waals surface area contributed by atoms with Crippen molar-refractivity contribution in [3.63, 3.8) is 0 Å². The minimum Gasteiger partial charge on any atom is -0.494 e. The minimum atomic E-state index is -0.351. The van der Waals surface area contributed by atoms with Gasteiger partial charge in [-0.15, -0.1) is 11.3 Å². The van der Waals surface area contributed by atoms with E-state index in [-0.39, 0.29) is 11.6 Å². The van der Waals surface area contributed by atoms with Gasteiger partial charge in [0.05, 0.1) is 7.11 Å². The van der Waals surface area contributed by atoms with Crippen molar-refractivity contribution < 1.29 is 9.13 Å². The van der Waals surface area contributed by atoms with Gasteiger partial charge in [-0.2, -0.15) is 0 Å². The fourth-order valence-electron chi connectivity index (χ4n) is 2.26. The lowest BCUT2D eigenvalue weighted by atomic mass is 10.2. The second-order valence-electron chi connectivity index (χ2n) is 5.30. The van der Waals surface area contributed by atoms with Gasteiger partial charge in [-0.1, -0.05) is 17.8 Å². The molecule has 0 bridgehead atoms. The largest absolute Gasteiger partial charge is 0.494 e. The fourth-order valence-corrected chi connectivity index (χ4v) is 3.90. The smallest absolute Gasteiger partial charge is 0.193 e. The molecule has 0 fully saturated rings. The highest BCUT2D eigenvalue weighted by atomic mass is 32.2. The molecular formula is C17H23FN4OS2. The number of aliphatic imine (C=N–C) groups is 1. The number of halogens is 1. The molecule has 8 heteroatoms. The molecule has 1 aromatic carbocycles. The van der Waals surface area contributed by atoms with E-state index < -0.39 is 0 Å². The number of thiazole rings is 1. The summed E-state index contributed by atoms with van der Waals surface area (Å²) in [7, 11) is 5.14. The summed E-state index contributed by atoms with van der Waals surface area (Å²) in [6, 6.07) is 4.99. The molecule has 0 saturated carbocycles. The molecule has 0 spiro atoms. The van der Waals surface area contributed by atoms with Gasteiger partial charge in [0, 0.05) is 44.5 Å². The van der Waals surface area contributed by atoms with E-state index in [0.29, 0.717) is 6.54 Å². The standard InChI is InChI=1S/C17H23FN4OS2/c1-19-16(20-7-4-9-24-17-21-8-10-25-17)22(2)12-13-5-6-15(23-3)14(18)11-13/h5-6,8,10-11H,4,7,9,12H2,1-3H3,(H,19,20). The Bertz CT molecular complexity index is 679. The molecule has 0 unspecified atom stereocenters. The first-order chi connectivity index (χ1) is 12.1. The van der Waals surface area contributed by atoms with E-state index in [2.05, 4.69) is 15.3 Å². The number of nitrogens with one attached hydrogen (secondary N) is 1. The zero-order chi connectivity index (χ0) is 18.1. The summed E-state index contributed by atoms with van der Waals surface area (Å²) < 4.78 is 19.8. The van der Waals surface area contributed by atoms with Crippen molar-refractivity contribution in [1.82, 2.24) is 15.2 Å². The van der Waals surface area contributed by atoms with Crippen molar-refractivity contribution in [2.75, 3.05) is 33.5 Å². The quantitative estimate of drug-likeness (QED) is 0.328. The third-order valence-corrected chi connectivity index (χ3v) is 5.50. The molecule has 0 radical (unpaired) electrons. The summed E-state index contributed by atoms with van der Waals surface area (Å²) in [4.78, 5) is 10.5. The molecule has 1 aromatic heterocycles. The van der Waals surface area contributed by atoms with Crippen molar-refractivity contribution in [2.24, 2.45) is 4.99 Å². The summed E-state index contributed by atoms with van der Waals surface area (Å²) in [5.74, 6) is 1.70. The van der Waals surface area contributed by atoms with E-state index >= 15 is 0 Å². The van der Waals surface area contributed by atoms with Crippen LogP contribution in [0.3, 0.4) is 0 Å². The van der Waals surface area contributed by atoms with E-state index in [1.54, 1.807) is 36.2 Å². The highest BCUT2D eigenvalue weighted by Crippen LogP contribution is 2.20. The molecule has 0 aliphatic heterocycles. The van der Waals surface area contributed by atoms with Gasteiger partial charge in [0.15, 0.2) is 17.5 Å². The second kappa shape index (κ2) is 10.2. The van der Waals surface area contributed by atoms with E-state index in [1.165, 1.54) is 13.2 Å². The number of rotatable bonds is 8. The highest BCUT2D eigenvalue weighted by Gasteiger charge is 2.09. The number of hydrogen-bond donors (Lipinski definition) is 1. The first kappa shape index (κ1) is 19.5. The predicted molar refractivity (Wildman–Crippen MR) is 103 cm³/mol. The summed E-state index contributed by atoms with van der Waals surface area (Å²) in [5, 5.41) is 5.32. The fraction of sp³-hybridized carbons (Fsp3) is 0.412. The van der Waals surface area contributed by atoms with Gasteiger partial charge in [-0.25, -0.2) is 9.37 Å². The Morgan fingerprint density at radius 2 is 2.32 bits per heavy atom. The van der Waals surface area contributed by atoms with Gasteiger partial charge in [0.1, 0.15) is 4.34 Å². The van der Waals surface area contributed by atoms with Crippen LogP contribution in [-0.2, 0) is 6.54 Å². The number of ether oxygens (including phenoxy) is 1. The number of guanidine groups is 1. The van der Waals surface area contributed by atoms with Crippen LogP contribution in [0.5, 0.6) is 5.75 Å². The first-order valence-electron chi connectivity index (χ1n) is 7.90. The Labute approximate surface area is 156 Å². The van der Waals surface area contributed by atoms with Crippen LogP contribution in [-0.4, -0.2) is 49.3 Å². The molecule has 136 valence electrons. The van der Waals surface area contributed by atoms with Crippen LogP contribution in [0.2, 0.25) is 0 Å². The van der Waals surface area contributed by atoms with E-state index in [4.69, 9.17) is 4.74 Å². The summed E-state index contributed by atoms with van der Waals surface area (Å²) in [6.45, 7) is 1.39. The molecule has 0 aliphatic rings. The first-order valence-corrected chi connectivity index (χ1v) is 9.77. The zero-order valence-corrected chi connectivity index (χ0v) is 16.3. The molecule has 2 rings (SSSR count). The van der Waals surface area contributed by atoms with Crippen LogP contribution in [0.25, 0.3) is 0 Å². The predicted octanol–water partition coefficient (Wildman–Crippen LogP) is 3.48. The zero-order valence-electron chi connectivity index (χ0n) is 14.7. The monoisotopic (exact) mass is 382 g/mol. The summed E-state index contributed by atoms with van der Waals surface area (Å²) in [6.07, 6.45) is 2.83. The number of aromatic nitrogens is 1. The topological polar surface area (TPSA) is 49.8 Å². The average Bonchev–Trinajstić information content (AvgIpc) is 3.11. The van der Waals surface area contributed by atoms with Crippen molar-refractivity contribution >= 4 is 29.1 Å². The molecule has 0 saturated heterocycles. The lowest BCUT2D eigenvalue weighted by molar-refractivity contribution is 0.385. The molecule has 0 aliphatic carbocycles. The van der Waals surface area contributed by atoms with Gasteiger partial charge < -0.3 is 15.0 Å². The molecular weight excluding hydrogens is 359 g/mol. The molecule has 2 aromatic rings. The van der Waals surface area contributed by atoms with Crippen molar-refractivity contribution in [3.05, 3.63) is 41.2 Å². The number of thioether (sulfide) groups is 1. The number of hydrogen-bond acceptors (Lipinski definition) is 5. The summed E-state index contributed by atoms with van der Waals surface area (Å²) in [5.41, 5.74) is 0.864. The number of methoxy groups -OCH3 is 1. The Hall–Kier alpha value is -1.80. The Morgan fingerprint density at radius 3 is 2.96 bits per heavy atom. The van der Waals surface area contributed by atoms with Crippen LogP contribution in [0.15, 0.2) is 39.1 Å². The third-order valence-electron chi connectivity index (χ3n) is 3.45. The number of benzene rings is 1. The molecule has 25 heavy (non-hydrogen) atoms. The molecule has 1 N–H and O–H groups in total. The lowest BCUT2D eigenvalue weighted by Crippen LogP contribution is -2.39. The van der Waals surface area contributed by atoms with E-state index in [0.717, 1.165) is 34.6 Å². The molecule has 0 amide bonds. The van der Waals surface area contributed by atoms with Gasteiger partial charge in [0.25, 0.3) is 0 Å². The van der Waals surface area contributed by atoms with Crippen LogP contribution >= 0.6 is 23.1 Å². The van der Waals surface area contributed by atoms with E-state index in [9.17, 15) is 4.39 Å². The second-order valence-corrected chi connectivity index (χ2v) is 7.54. The molecule has 5 nitrogen and oxygen atoms in total. The normalized spacial score (nSPS) is 11.4. The van der Waals surface area contributed by atoms with E-state index in [1.807, 2.05) is 29.6 Å². The van der Waals surface area contributed by atoms with Crippen LogP contribution < -0.4 is 10.1 Å². The number of nitrogens with zero attached hydrogens (tertiary/aromatic N) is 3. The Morgan fingerprint density at radius 1 is 1.48 bits per heavy atom. The maximum Gasteiger partial charge on any atom is 0.193 e. The lowest BCUT2D eigenvalue weighted by Gasteiger charge is -2.22.